The lowest BCUT2D eigenvalue weighted by atomic mass is 10.3. The number of ether oxygens (including phenoxy) is 2. The van der Waals surface area contributed by atoms with E-state index in [1.165, 1.54) is 13.2 Å². The Morgan fingerprint density at radius 3 is 2.47 bits per heavy atom. The molecule has 0 saturated heterocycles. The Kier molecular flexibility index (Phi) is 3.52. The van der Waals surface area contributed by atoms with Crippen molar-refractivity contribution in [2.45, 2.75) is 11.8 Å². The van der Waals surface area contributed by atoms with E-state index in [0.29, 0.717) is 12.4 Å². The molecule has 0 aliphatic rings. The summed E-state index contributed by atoms with van der Waals surface area (Å²) >= 11 is 0. The van der Waals surface area contributed by atoms with Gasteiger partial charge in [0.2, 0.25) is 0 Å². The van der Waals surface area contributed by atoms with Crippen molar-refractivity contribution in [2.75, 3.05) is 13.7 Å². The zero-order valence-electron chi connectivity index (χ0n) is 8.36. The maximum Gasteiger partial charge on any atom is 0.332 e. The predicted molar refractivity (Wildman–Crippen MR) is 52.5 cm³/mol. The molecule has 1 rings (SSSR count). The van der Waals surface area contributed by atoms with Crippen LogP contribution >= 0.6 is 0 Å². The summed E-state index contributed by atoms with van der Waals surface area (Å²) in [5, 5.41) is 0. The van der Waals surface area contributed by atoms with Gasteiger partial charge in [0.25, 0.3) is 0 Å². The molecule has 0 aromatic heterocycles. The summed E-state index contributed by atoms with van der Waals surface area (Å²) in [6, 6.07) is 3.56. The molecule has 0 aliphatic carbocycles. The van der Waals surface area contributed by atoms with Gasteiger partial charge in [-0.1, -0.05) is 0 Å². The Bertz CT molecular complexity index is 441. The normalized spacial score (nSPS) is 11.1. The van der Waals surface area contributed by atoms with E-state index in [1.54, 1.807) is 6.92 Å². The fraction of sp³-hybridized carbons (Fsp3) is 0.333. The molecule has 0 atom stereocenters. The van der Waals surface area contributed by atoms with Gasteiger partial charge >= 0.3 is 10.2 Å². The van der Waals surface area contributed by atoms with Crippen LogP contribution in [0.5, 0.6) is 11.5 Å². The third-order valence-electron chi connectivity index (χ3n) is 1.72. The van der Waals surface area contributed by atoms with E-state index < -0.39 is 15.1 Å². The molecule has 0 radical (unpaired) electrons. The summed E-state index contributed by atoms with van der Waals surface area (Å²) in [6.07, 6.45) is 0. The highest BCUT2D eigenvalue weighted by atomic mass is 32.3. The third kappa shape index (κ3) is 2.82. The van der Waals surface area contributed by atoms with Gasteiger partial charge in [0.1, 0.15) is 4.90 Å². The van der Waals surface area contributed by atoms with E-state index in [9.17, 15) is 12.3 Å². The van der Waals surface area contributed by atoms with Gasteiger partial charge in [0.05, 0.1) is 13.7 Å². The molecule has 84 valence electrons. The molecule has 0 aliphatic heterocycles. The van der Waals surface area contributed by atoms with Crippen LogP contribution in [-0.4, -0.2) is 22.1 Å². The number of benzene rings is 1. The molecule has 0 heterocycles. The standard InChI is InChI=1S/C9H11FO4S/c1-3-14-9-6-7(15(10,11)12)4-5-8(9)13-2/h4-6H,3H2,1-2H3. The first-order valence-electron chi connectivity index (χ1n) is 4.24. The quantitative estimate of drug-likeness (QED) is 0.745. The summed E-state index contributed by atoms with van der Waals surface area (Å²) in [7, 11) is -3.29. The van der Waals surface area contributed by atoms with Gasteiger partial charge in [-0.3, -0.25) is 0 Å². The largest absolute Gasteiger partial charge is 0.493 e. The predicted octanol–water partition coefficient (Wildman–Crippen LogP) is 1.75. The summed E-state index contributed by atoms with van der Waals surface area (Å²) in [4.78, 5) is -0.438. The zero-order valence-corrected chi connectivity index (χ0v) is 9.17. The van der Waals surface area contributed by atoms with Crippen molar-refractivity contribution < 1.29 is 21.8 Å². The van der Waals surface area contributed by atoms with E-state index in [4.69, 9.17) is 9.47 Å². The van der Waals surface area contributed by atoms with Crippen molar-refractivity contribution >= 4 is 10.2 Å². The van der Waals surface area contributed by atoms with Crippen molar-refractivity contribution in [2.24, 2.45) is 0 Å². The molecule has 4 nitrogen and oxygen atoms in total. The van der Waals surface area contributed by atoms with E-state index in [1.807, 2.05) is 0 Å². The number of rotatable bonds is 4. The Balaban J connectivity index is 3.22. The fourth-order valence-electron chi connectivity index (χ4n) is 1.08. The second kappa shape index (κ2) is 4.48. The number of halogens is 1. The van der Waals surface area contributed by atoms with Crippen LogP contribution < -0.4 is 9.47 Å². The molecule has 1 aromatic carbocycles. The zero-order chi connectivity index (χ0) is 11.5. The van der Waals surface area contributed by atoms with Crippen LogP contribution in [0.2, 0.25) is 0 Å². The molecule has 1 aromatic rings. The lowest BCUT2D eigenvalue weighted by Crippen LogP contribution is -1.98. The maximum atomic E-state index is 12.7. The van der Waals surface area contributed by atoms with Gasteiger partial charge < -0.3 is 9.47 Å². The van der Waals surface area contributed by atoms with Crippen molar-refractivity contribution in [3.8, 4) is 11.5 Å². The molecule has 0 unspecified atom stereocenters. The molecular weight excluding hydrogens is 223 g/mol. The van der Waals surface area contributed by atoms with E-state index in [0.717, 1.165) is 12.1 Å². The average Bonchev–Trinajstić information content (AvgIpc) is 2.17. The minimum absolute atomic E-state index is 0.207. The average molecular weight is 234 g/mol. The monoisotopic (exact) mass is 234 g/mol. The van der Waals surface area contributed by atoms with Gasteiger partial charge in [-0.15, -0.1) is 3.89 Å². The van der Waals surface area contributed by atoms with Crippen molar-refractivity contribution in [3.63, 3.8) is 0 Å². The Labute approximate surface area is 87.8 Å². The minimum atomic E-state index is -4.70. The van der Waals surface area contributed by atoms with E-state index in [-0.39, 0.29) is 5.75 Å². The Morgan fingerprint density at radius 1 is 1.33 bits per heavy atom. The molecule has 6 heteroatoms. The van der Waals surface area contributed by atoms with Gasteiger partial charge in [-0.2, -0.15) is 8.42 Å². The van der Waals surface area contributed by atoms with Gasteiger partial charge in [-0.05, 0) is 19.1 Å². The molecule has 0 bridgehead atoms. The van der Waals surface area contributed by atoms with Crippen molar-refractivity contribution in [3.05, 3.63) is 18.2 Å². The summed E-state index contributed by atoms with van der Waals surface area (Å²) in [5.41, 5.74) is 0. The SMILES string of the molecule is CCOc1cc(S(=O)(=O)F)ccc1OC. The second-order valence-corrected chi connectivity index (χ2v) is 4.03. The highest BCUT2D eigenvalue weighted by Gasteiger charge is 2.15. The van der Waals surface area contributed by atoms with Crippen LogP contribution in [-0.2, 0) is 10.2 Å². The molecular formula is C9H11FO4S. The Hall–Kier alpha value is -1.30. The van der Waals surface area contributed by atoms with Crippen LogP contribution in [0.25, 0.3) is 0 Å². The molecule has 0 N–H and O–H groups in total. The van der Waals surface area contributed by atoms with Crippen molar-refractivity contribution in [1.82, 2.24) is 0 Å². The van der Waals surface area contributed by atoms with Crippen LogP contribution in [0.1, 0.15) is 6.92 Å². The second-order valence-electron chi connectivity index (χ2n) is 2.68. The van der Waals surface area contributed by atoms with Gasteiger partial charge in [0, 0.05) is 6.07 Å². The lowest BCUT2D eigenvalue weighted by Gasteiger charge is -2.09. The van der Waals surface area contributed by atoms with Gasteiger partial charge in [0.15, 0.2) is 11.5 Å². The van der Waals surface area contributed by atoms with Crippen LogP contribution in [0.4, 0.5) is 3.89 Å². The number of hydrogen-bond acceptors (Lipinski definition) is 4. The first-order valence-corrected chi connectivity index (χ1v) is 5.63. The van der Waals surface area contributed by atoms with Crippen LogP contribution in [0, 0.1) is 0 Å². The van der Waals surface area contributed by atoms with E-state index in [2.05, 4.69) is 0 Å². The molecule has 0 spiro atoms. The Morgan fingerprint density at radius 2 is 2.00 bits per heavy atom. The molecule has 0 saturated carbocycles. The van der Waals surface area contributed by atoms with E-state index >= 15 is 0 Å². The highest BCUT2D eigenvalue weighted by Crippen LogP contribution is 2.30. The summed E-state index contributed by atoms with van der Waals surface area (Å²) in [5.74, 6) is 0.572. The number of hydrogen-bond donors (Lipinski definition) is 0. The van der Waals surface area contributed by atoms with Crippen molar-refractivity contribution in [1.29, 1.82) is 0 Å². The molecule has 0 fully saturated rings. The minimum Gasteiger partial charge on any atom is -0.493 e. The van der Waals surface area contributed by atoms with Crippen LogP contribution in [0.15, 0.2) is 23.1 Å². The van der Waals surface area contributed by atoms with Crippen LogP contribution in [0.3, 0.4) is 0 Å². The smallest absolute Gasteiger partial charge is 0.332 e. The lowest BCUT2D eigenvalue weighted by molar-refractivity contribution is 0.310. The van der Waals surface area contributed by atoms with Gasteiger partial charge in [-0.25, -0.2) is 0 Å². The topological polar surface area (TPSA) is 52.6 Å². The first kappa shape index (κ1) is 11.8. The number of methoxy groups -OCH3 is 1. The highest BCUT2D eigenvalue weighted by molar-refractivity contribution is 7.86. The maximum absolute atomic E-state index is 12.7. The third-order valence-corrected chi connectivity index (χ3v) is 2.53. The first-order chi connectivity index (χ1) is 6.99. The fourth-order valence-corrected chi connectivity index (χ4v) is 1.56. The summed E-state index contributed by atoms with van der Waals surface area (Å²) in [6.45, 7) is 2.07. The summed E-state index contributed by atoms with van der Waals surface area (Å²) < 4.78 is 43.9. The molecule has 0 amide bonds. The molecule has 15 heavy (non-hydrogen) atoms.